The number of guanidine groups is 1. The molecule has 0 radical (unpaired) electrons. The number of aliphatic imine (C=N–C) groups is 1. The Morgan fingerprint density at radius 2 is 1.87 bits per heavy atom. The van der Waals surface area contributed by atoms with Gasteiger partial charge >= 0.3 is 0 Å². The van der Waals surface area contributed by atoms with E-state index in [9.17, 15) is 0 Å². The van der Waals surface area contributed by atoms with Crippen molar-refractivity contribution >= 4 is 23.2 Å². The van der Waals surface area contributed by atoms with Gasteiger partial charge in [-0.15, -0.1) is 0 Å². The van der Waals surface area contributed by atoms with E-state index in [-0.39, 0.29) is 0 Å². The Hall–Kier alpha value is -1.46. The van der Waals surface area contributed by atoms with E-state index in [0.29, 0.717) is 25.0 Å². The third-order valence-corrected chi connectivity index (χ3v) is 4.01. The van der Waals surface area contributed by atoms with Gasteiger partial charge in [-0.1, -0.05) is 25.4 Å². The van der Waals surface area contributed by atoms with Crippen molar-refractivity contribution in [1.82, 2.24) is 4.90 Å². The largest absolute Gasteiger partial charge is 0.379 e. The van der Waals surface area contributed by atoms with E-state index in [1.54, 1.807) is 0 Å². The van der Waals surface area contributed by atoms with E-state index in [1.165, 1.54) is 5.69 Å². The van der Waals surface area contributed by atoms with Crippen LogP contribution in [0.5, 0.6) is 0 Å². The lowest BCUT2D eigenvalue weighted by molar-refractivity contribution is 0.116. The van der Waals surface area contributed by atoms with Gasteiger partial charge in [0.15, 0.2) is 5.96 Å². The van der Waals surface area contributed by atoms with Gasteiger partial charge < -0.3 is 20.3 Å². The van der Waals surface area contributed by atoms with Gasteiger partial charge in [-0.05, 0) is 30.2 Å². The molecule has 1 saturated heterocycles. The molecule has 128 valence electrons. The minimum atomic E-state index is 0.553. The van der Waals surface area contributed by atoms with Crippen LogP contribution in [0, 0.1) is 5.92 Å². The van der Waals surface area contributed by atoms with Gasteiger partial charge in [0.2, 0.25) is 0 Å². The summed E-state index contributed by atoms with van der Waals surface area (Å²) in [5.74, 6) is 1.17. The molecule has 1 fully saturated rings. The molecule has 0 atom stereocenters. The van der Waals surface area contributed by atoms with E-state index >= 15 is 0 Å². The van der Waals surface area contributed by atoms with Crippen LogP contribution < -0.4 is 10.6 Å². The molecule has 0 aliphatic carbocycles. The molecule has 0 saturated carbocycles. The third-order valence-electron chi connectivity index (χ3n) is 3.76. The Balaban J connectivity index is 1.73. The van der Waals surface area contributed by atoms with Gasteiger partial charge in [-0.2, -0.15) is 0 Å². The molecule has 5 nitrogen and oxygen atoms in total. The lowest BCUT2D eigenvalue weighted by atomic mass is 10.2. The van der Waals surface area contributed by atoms with Gasteiger partial charge in [-0.25, -0.2) is 0 Å². The smallest absolute Gasteiger partial charge is 0.191 e. The fraction of sp³-hybridized carbons (Fsp3) is 0.588. The Morgan fingerprint density at radius 3 is 2.48 bits per heavy atom. The maximum Gasteiger partial charge on any atom is 0.191 e. The van der Waals surface area contributed by atoms with Crippen molar-refractivity contribution in [3.63, 3.8) is 0 Å². The number of hydrogen-bond donors (Lipinski definition) is 1. The first-order valence-electron chi connectivity index (χ1n) is 8.19. The van der Waals surface area contributed by atoms with Crippen molar-refractivity contribution in [2.24, 2.45) is 16.6 Å². The van der Waals surface area contributed by atoms with Crippen molar-refractivity contribution < 1.29 is 4.74 Å². The average molecular weight is 339 g/mol. The molecule has 0 amide bonds. The van der Waals surface area contributed by atoms with Crippen molar-refractivity contribution in [3.8, 4) is 0 Å². The average Bonchev–Trinajstić information content (AvgIpc) is 2.55. The van der Waals surface area contributed by atoms with Crippen molar-refractivity contribution in [2.45, 2.75) is 13.8 Å². The minimum Gasteiger partial charge on any atom is -0.379 e. The molecule has 1 aromatic rings. The number of hydrogen-bond acceptors (Lipinski definition) is 3. The molecule has 1 aromatic carbocycles. The standard InChI is InChI=1S/C17H27ClN4O/c1-14(2)13-23-12-7-20-17(19)22-10-8-21(9-11-22)16-5-3-15(18)4-6-16/h3-6,14H,7-13H2,1-2H3,(H2,19,20). The molecule has 1 heterocycles. The SMILES string of the molecule is CC(C)COCCN=C(N)N1CCN(c2ccc(Cl)cc2)CC1. The van der Waals surface area contributed by atoms with E-state index < -0.39 is 0 Å². The Kier molecular flexibility index (Phi) is 6.99. The van der Waals surface area contributed by atoms with Crippen LogP contribution in [0.25, 0.3) is 0 Å². The number of halogens is 1. The first-order valence-corrected chi connectivity index (χ1v) is 8.57. The highest BCUT2D eigenvalue weighted by molar-refractivity contribution is 6.30. The van der Waals surface area contributed by atoms with Crippen LogP contribution in [0.2, 0.25) is 5.02 Å². The van der Waals surface area contributed by atoms with Crippen molar-refractivity contribution in [2.75, 3.05) is 50.8 Å². The zero-order valence-corrected chi connectivity index (χ0v) is 14.8. The van der Waals surface area contributed by atoms with Gasteiger partial charge in [0.25, 0.3) is 0 Å². The highest BCUT2D eigenvalue weighted by Gasteiger charge is 2.18. The molecule has 1 aliphatic rings. The maximum absolute atomic E-state index is 6.08. The summed E-state index contributed by atoms with van der Waals surface area (Å²) in [7, 11) is 0. The number of nitrogens with zero attached hydrogens (tertiary/aromatic N) is 3. The Labute approximate surface area is 144 Å². The zero-order chi connectivity index (χ0) is 16.7. The minimum absolute atomic E-state index is 0.553. The maximum atomic E-state index is 6.08. The number of nitrogens with two attached hydrogens (primary N) is 1. The van der Waals surface area contributed by atoms with Crippen LogP contribution in [0.3, 0.4) is 0 Å². The molecule has 0 spiro atoms. The summed E-state index contributed by atoms with van der Waals surface area (Å²) in [5.41, 5.74) is 7.28. The number of benzene rings is 1. The van der Waals surface area contributed by atoms with Crippen LogP contribution in [-0.2, 0) is 4.74 Å². The summed E-state index contributed by atoms with van der Waals surface area (Å²) in [6.45, 7) is 9.92. The van der Waals surface area contributed by atoms with Crippen molar-refractivity contribution in [3.05, 3.63) is 29.3 Å². The van der Waals surface area contributed by atoms with Gasteiger partial charge in [0, 0.05) is 43.5 Å². The van der Waals surface area contributed by atoms with Crippen LogP contribution in [0.15, 0.2) is 29.3 Å². The zero-order valence-electron chi connectivity index (χ0n) is 14.0. The van der Waals surface area contributed by atoms with Crippen LogP contribution in [0.4, 0.5) is 5.69 Å². The van der Waals surface area contributed by atoms with Gasteiger partial charge in [0.05, 0.1) is 13.2 Å². The molecule has 0 bridgehead atoms. The Morgan fingerprint density at radius 1 is 1.22 bits per heavy atom. The third kappa shape index (κ3) is 5.92. The molecule has 0 aromatic heterocycles. The molecular formula is C17H27ClN4O. The van der Waals surface area contributed by atoms with Gasteiger partial charge in [0.1, 0.15) is 0 Å². The predicted molar refractivity (Wildman–Crippen MR) is 97.4 cm³/mol. The van der Waals surface area contributed by atoms with Gasteiger partial charge in [-0.3, -0.25) is 4.99 Å². The summed E-state index contributed by atoms with van der Waals surface area (Å²) in [4.78, 5) is 8.89. The number of ether oxygens (including phenoxy) is 1. The first kappa shape index (κ1) is 17.9. The van der Waals surface area contributed by atoms with E-state index in [4.69, 9.17) is 22.1 Å². The molecule has 2 rings (SSSR count). The molecule has 2 N–H and O–H groups in total. The summed E-state index contributed by atoms with van der Waals surface area (Å²) in [5, 5.41) is 0.767. The highest BCUT2D eigenvalue weighted by atomic mass is 35.5. The monoisotopic (exact) mass is 338 g/mol. The summed E-state index contributed by atoms with van der Waals surface area (Å²) in [6.07, 6.45) is 0. The van der Waals surface area contributed by atoms with E-state index in [0.717, 1.165) is 37.8 Å². The first-order chi connectivity index (χ1) is 11.1. The lowest BCUT2D eigenvalue weighted by Crippen LogP contribution is -2.51. The summed E-state index contributed by atoms with van der Waals surface area (Å²) >= 11 is 5.93. The quantitative estimate of drug-likeness (QED) is 0.492. The number of anilines is 1. The van der Waals surface area contributed by atoms with Crippen molar-refractivity contribution in [1.29, 1.82) is 0 Å². The Bertz CT molecular complexity index is 496. The lowest BCUT2D eigenvalue weighted by Gasteiger charge is -2.36. The summed E-state index contributed by atoms with van der Waals surface area (Å²) in [6, 6.07) is 7.97. The fourth-order valence-corrected chi connectivity index (χ4v) is 2.62. The predicted octanol–water partition coefficient (Wildman–Crippen LogP) is 2.45. The topological polar surface area (TPSA) is 54.1 Å². The second-order valence-electron chi connectivity index (χ2n) is 6.16. The highest BCUT2D eigenvalue weighted by Crippen LogP contribution is 2.19. The van der Waals surface area contributed by atoms with Crippen LogP contribution >= 0.6 is 11.6 Å². The normalized spacial score (nSPS) is 16.3. The number of rotatable bonds is 6. The van der Waals surface area contributed by atoms with E-state index in [2.05, 4.69) is 40.8 Å². The second-order valence-corrected chi connectivity index (χ2v) is 6.60. The summed E-state index contributed by atoms with van der Waals surface area (Å²) < 4.78 is 5.52. The molecular weight excluding hydrogens is 312 g/mol. The molecule has 23 heavy (non-hydrogen) atoms. The molecule has 6 heteroatoms. The fourth-order valence-electron chi connectivity index (χ4n) is 2.49. The van der Waals surface area contributed by atoms with E-state index in [1.807, 2.05) is 12.1 Å². The number of piperazine rings is 1. The molecule has 1 aliphatic heterocycles. The van der Waals surface area contributed by atoms with Crippen LogP contribution in [-0.4, -0.2) is 56.8 Å². The molecule has 0 unspecified atom stereocenters. The second kappa shape index (κ2) is 8.99. The van der Waals surface area contributed by atoms with Crippen LogP contribution in [0.1, 0.15) is 13.8 Å².